The average Bonchev–Trinajstić information content (AvgIpc) is 3.23. The molecular formula is C48H66O13. The van der Waals surface area contributed by atoms with Gasteiger partial charge in [-0.3, -0.25) is 14.4 Å². The molecule has 336 valence electrons. The van der Waals surface area contributed by atoms with Gasteiger partial charge in [0.25, 0.3) is 0 Å². The lowest BCUT2D eigenvalue weighted by molar-refractivity contribution is -0.204. The summed E-state index contributed by atoms with van der Waals surface area (Å²) in [5, 5.41) is 8.33. The van der Waals surface area contributed by atoms with Crippen molar-refractivity contribution in [1.29, 1.82) is 0 Å². The van der Waals surface area contributed by atoms with E-state index in [1.54, 1.807) is 6.92 Å². The molecule has 0 aliphatic carbocycles. The van der Waals surface area contributed by atoms with E-state index in [0.717, 1.165) is 16.7 Å². The lowest BCUT2D eigenvalue weighted by atomic mass is 10.1. The Labute approximate surface area is 362 Å². The first-order valence-electron chi connectivity index (χ1n) is 19.6. The Kier molecular flexibility index (Phi) is 33.2. The molecule has 1 N–H and O–H groups in total. The van der Waals surface area contributed by atoms with Crippen LogP contribution in [0.1, 0.15) is 64.3 Å². The van der Waals surface area contributed by atoms with Gasteiger partial charge in [-0.05, 0) is 37.5 Å². The Morgan fingerprint density at radius 3 is 1.31 bits per heavy atom. The van der Waals surface area contributed by atoms with Crippen molar-refractivity contribution in [2.75, 3.05) is 46.2 Å². The van der Waals surface area contributed by atoms with Gasteiger partial charge < -0.3 is 43.0 Å². The van der Waals surface area contributed by atoms with Crippen molar-refractivity contribution in [3.63, 3.8) is 0 Å². The summed E-state index contributed by atoms with van der Waals surface area (Å²) < 4.78 is 39.9. The van der Waals surface area contributed by atoms with Crippen LogP contribution in [-0.2, 0) is 76.9 Å². The highest BCUT2D eigenvalue weighted by Crippen LogP contribution is 2.16. The lowest BCUT2D eigenvalue weighted by Crippen LogP contribution is -2.50. The number of ether oxygens (including phenoxy) is 8. The van der Waals surface area contributed by atoms with Gasteiger partial charge in [-0.15, -0.1) is 0 Å². The zero-order chi connectivity index (χ0) is 44.2. The van der Waals surface area contributed by atoms with Crippen molar-refractivity contribution < 1.29 is 62.2 Å². The summed E-state index contributed by atoms with van der Waals surface area (Å²) in [4.78, 5) is 41.9. The van der Waals surface area contributed by atoms with Crippen LogP contribution in [0.4, 0.5) is 0 Å². The standard InChI is InChI=1S/C12H16O3.2C11H14O3.C7H8.C6H10O4.CH4/c1-10(15-11(2)13)8-14-9-12-6-4-3-5-7-12;2*1-10(12)14-8-7-13-9-11-5-3-2-4-6-11;1-7-5-3-2-4-6-7;1-4-5(6(8)10-4)9-3-2-7;/h3-7,10H,8-9H2,1-2H3;2*2-6H,7-9H2,1H3;2-6H,1H3;4-5,7H,2-3H2,1H3;1H4. The van der Waals surface area contributed by atoms with E-state index in [4.69, 9.17) is 38.3 Å². The number of hydrogen-bond acceptors (Lipinski definition) is 13. The third-order valence-electron chi connectivity index (χ3n) is 7.41. The molecule has 5 rings (SSSR count). The number of aryl methyl sites for hydroxylation is 1. The summed E-state index contributed by atoms with van der Waals surface area (Å²) in [5.74, 6) is -1.15. The predicted molar refractivity (Wildman–Crippen MR) is 233 cm³/mol. The molecule has 13 heteroatoms. The number of aliphatic hydroxyl groups is 1. The second-order valence-corrected chi connectivity index (χ2v) is 13.0. The van der Waals surface area contributed by atoms with Crippen LogP contribution in [-0.4, -0.2) is 93.5 Å². The fourth-order valence-corrected chi connectivity index (χ4v) is 4.60. The molecule has 4 aromatic carbocycles. The van der Waals surface area contributed by atoms with Gasteiger partial charge in [0.15, 0.2) is 6.10 Å². The molecule has 1 fully saturated rings. The summed E-state index contributed by atoms with van der Waals surface area (Å²) in [5.41, 5.74) is 4.68. The van der Waals surface area contributed by atoms with Crippen molar-refractivity contribution in [2.24, 2.45) is 0 Å². The number of carbonyl (C=O) groups is 4. The van der Waals surface area contributed by atoms with E-state index in [9.17, 15) is 19.2 Å². The van der Waals surface area contributed by atoms with E-state index in [2.05, 4.69) is 23.8 Å². The van der Waals surface area contributed by atoms with Gasteiger partial charge in [-0.25, -0.2) is 4.79 Å². The molecular weight excluding hydrogens is 785 g/mol. The third-order valence-corrected chi connectivity index (χ3v) is 7.41. The normalized spacial score (nSPS) is 13.6. The maximum Gasteiger partial charge on any atom is 0.339 e. The summed E-state index contributed by atoms with van der Waals surface area (Å²) in [6.07, 6.45) is -0.794. The van der Waals surface area contributed by atoms with Gasteiger partial charge in [-0.1, -0.05) is 134 Å². The van der Waals surface area contributed by atoms with Gasteiger partial charge in [0.05, 0.1) is 52.9 Å². The molecule has 0 bridgehead atoms. The minimum absolute atomic E-state index is 0. The topological polar surface area (TPSA) is 162 Å². The first-order valence-corrected chi connectivity index (χ1v) is 19.6. The molecule has 1 aliphatic rings. The van der Waals surface area contributed by atoms with Crippen molar-refractivity contribution >= 4 is 23.9 Å². The van der Waals surface area contributed by atoms with Crippen molar-refractivity contribution in [1.82, 2.24) is 0 Å². The van der Waals surface area contributed by atoms with Gasteiger partial charge in [0.2, 0.25) is 0 Å². The number of carbonyl (C=O) groups excluding carboxylic acids is 4. The summed E-state index contributed by atoms with van der Waals surface area (Å²) in [6.45, 7) is 13.6. The number of aliphatic hydroxyl groups excluding tert-OH is 1. The number of esters is 4. The van der Waals surface area contributed by atoms with Crippen LogP contribution in [0.3, 0.4) is 0 Å². The van der Waals surface area contributed by atoms with E-state index < -0.39 is 6.10 Å². The Morgan fingerprint density at radius 2 is 1.00 bits per heavy atom. The molecule has 3 unspecified atom stereocenters. The Morgan fingerprint density at radius 1 is 0.607 bits per heavy atom. The van der Waals surface area contributed by atoms with Crippen LogP contribution in [0.25, 0.3) is 0 Å². The second-order valence-electron chi connectivity index (χ2n) is 13.0. The quantitative estimate of drug-likeness (QED) is 0.0592. The summed E-state index contributed by atoms with van der Waals surface area (Å²) >= 11 is 0. The van der Waals surface area contributed by atoms with Gasteiger partial charge in [-0.2, -0.15) is 0 Å². The smallest absolute Gasteiger partial charge is 0.339 e. The molecule has 1 aliphatic heterocycles. The Balaban J connectivity index is 0.000000749. The van der Waals surface area contributed by atoms with E-state index in [0.29, 0.717) is 52.9 Å². The predicted octanol–water partition coefficient (Wildman–Crippen LogP) is 7.63. The van der Waals surface area contributed by atoms with Crippen molar-refractivity contribution in [2.45, 2.75) is 87.1 Å². The van der Waals surface area contributed by atoms with Crippen LogP contribution in [0.15, 0.2) is 121 Å². The highest BCUT2D eigenvalue weighted by atomic mass is 16.6. The van der Waals surface area contributed by atoms with Crippen LogP contribution >= 0.6 is 0 Å². The molecule has 0 amide bonds. The van der Waals surface area contributed by atoms with E-state index in [-0.39, 0.29) is 56.7 Å². The largest absolute Gasteiger partial charge is 0.463 e. The summed E-state index contributed by atoms with van der Waals surface area (Å²) in [7, 11) is 0. The molecule has 4 aromatic rings. The van der Waals surface area contributed by atoms with E-state index >= 15 is 0 Å². The van der Waals surface area contributed by atoms with Gasteiger partial charge >= 0.3 is 23.9 Å². The minimum Gasteiger partial charge on any atom is -0.463 e. The lowest BCUT2D eigenvalue weighted by Gasteiger charge is -2.31. The molecule has 1 saturated heterocycles. The highest BCUT2D eigenvalue weighted by molar-refractivity contribution is 5.80. The van der Waals surface area contributed by atoms with Crippen LogP contribution in [0.2, 0.25) is 0 Å². The maximum atomic E-state index is 10.6. The van der Waals surface area contributed by atoms with Crippen LogP contribution in [0.5, 0.6) is 0 Å². The number of hydrogen-bond donors (Lipinski definition) is 1. The first-order chi connectivity index (χ1) is 28.9. The monoisotopic (exact) mass is 850 g/mol. The molecule has 1 heterocycles. The molecule has 0 aromatic heterocycles. The van der Waals surface area contributed by atoms with E-state index in [1.165, 1.54) is 26.3 Å². The fraction of sp³-hybridized carbons (Fsp3) is 0.417. The van der Waals surface area contributed by atoms with Crippen LogP contribution < -0.4 is 0 Å². The molecule has 61 heavy (non-hydrogen) atoms. The number of rotatable bonds is 18. The van der Waals surface area contributed by atoms with E-state index in [1.807, 2.05) is 116 Å². The average molecular weight is 851 g/mol. The first kappa shape index (κ1) is 55.6. The van der Waals surface area contributed by atoms with Crippen LogP contribution in [0, 0.1) is 6.92 Å². The van der Waals surface area contributed by atoms with Crippen molar-refractivity contribution in [3.05, 3.63) is 144 Å². The molecule has 13 nitrogen and oxygen atoms in total. The maximum absolute atomic E-state index is 10.6. The number of benzene rings is 4. The molecule has 0 saturated carbocycles. The fourth-order valence-electron chi connectivity index (χ4n) is 4.60. The highest BCUT2D eigenvalue weighted by Gasteiger charge is 2.39. The molecule has 3 atom stereocenters. The van der Waals surface area contributed by atoms with Crippen molar-refractivity contribution in [3.8, 4) is 0 Å². The summed E-state index contributed by atoms with van der Waals surface area (Å²) in [6, 6.07) is 39.9. The third kappa shape index (κ3) is 32.1. The zero-order valence-corrected chi connectivity index (χ0v) is 35.7. The van der Waals surface area contributed by atoms with Gasteiger partial charge in [0, 0.05) is 20.8 Å². The van der Waals surface area contributed by atoms with Gasteiger partial charge in [0.1, 0.15) is 25.4 Å². The Hall–Kier alpha value is -5.44. The number of cyclic esters (lactones) is 1. The second kappa shape index (κ2) is 36.4. The SMILES string of the molecule is C.CC(=O)OC(C)COCc1ccccc1.CC(=O)OCCOCc1ccccc1.CC(=O)OCCOCc1ccccc1.CC1OC(=O)C1OCCO.Cc1ccccc1. The Bertz CT molecular complexity index is 1610. The minimum atomic E-state index is -0.452. The molecule has 0 radical (unpaired) electrons. The molecule has 0 spiro atoms. The zero-order valence-electron chi connectivity index (χ0n) is 35.7.